The third-order valence-corrected chi connectivity index (χ3v) is 4.18. The van der Waals surface area contributed by atoms with Crippen molar-refractivity contribution in [3.63, 3.8) is 0 Å². The van der Waals surface area contributed by atoms with Crippen molar-refractivity contribution in [2.45, 2.75) is 12.5 Å². The molecule has 2 aromatic carbocycles. The molecule has 2 aromatic rings. The molecule has 1 aliphatic heterocycles. The minimum absolute atomic E-state index is 0. The topological polar surface area (TPSA) is 35.2 Å². The molecule has 3 rings (SSSR count). The molecule has 0 radical (unpaired) electrons. The zero-order valence-corrected chi connectivity index (χ0v) is 14.0. The van der Waals surface area contributed by atoms with E-state index in [0.29, 0.717) is 21.6 Å². The van der Waals surface area contributed by atoms with Gasteiger partial charge in [0.2, 0.25) is 0 Å². The maximum Gasteiger partial charge on any atom is 0.131 e. The minimum atomic E-state index is 0. The van der Waals surface area contributed by atoms with Crippen molar-refractivity contribution in [2.24, 2.45) is 5.73 Å². The van der Waals surface area contributed by atoms with Gasteiger partial charge in [-0.15, -0.1) is 12.4 Å². The van der Waals surface area contributed by atoms with E-state index < -0.39 is 0 Å². The Kier molecular flexibility index (Phi) is 5.29. The van der Waals surface area contributed by atoms with Crippen molar-refractivity contribution in [3.05, 3.63) is 51.0 Å². The van der Waals surface area contributed by atoms with Gasteiger partial charge in [-0.3, -0.25) is 0 Å². The SMILES string of the molecule is Cl.NCC1Cc2cccc(-c3c(Cl)cc(Cl)cc3Cl)c2O1. The van der Waals surface area contributed by atoms with Crippen molar-refractivity contribution < 1.29 is 4.74 Å². The molecule has 21 heavy (non-hydrogen) atoms. The highest BCUT2D eigenvalue weighted by molar-refractivity contribution is 6.42. The van der Waals surface area contributed by atoms with Crippen LogP contribution >= 0.6 is 47.2 Å². The van der Waals surface area contributed by atoms with Gasteiger partial charge in [-0.05, 0) is 17.7 Å². The van der Waals surface area contributed by atoms with Crippen molar-refractivity contribution in [3.8, 4) is 16.9 Å². The molecule has 0 fully saturated rings. The molecule has 1 atom stereocenters. The summed E-state index contributed by atoms with van der Waals surface area (Å²) in [5.41, 5.74) is 8.43. The van der Waals surface area contributed by atoms with Crippen LogP contribution in [0.2, 0.25) is 15.1 Å². The maximum absolute atomic E-state index is 6.29. The van der Waals surface area contributed by atoms with Gasteiger partial charge in [0, 0.05) is 29.1 Å². The predicted molar refractivity (Wildman–Crippen MR) is 91.3 cm³/mol. The molecular formula is C15H13Cl4NO. The number of fused-ring (bicyclic) bond motifs is 1. The van der Waals surface area contributed by atoms with Crippen molar-refractivity contribution in [1.82, 2.24) is 0 Å². The van der Waals surface area contributed by atoms with Gasteiger partial charge < -0.3 is 10.5 Å². The number of ether oxygens (including phenoxy) is 1. The molecule has 0 saturated carbocycles. The normalized spacial score (nSPS) is 16.1. The third kappa shape index (κ3) is 3.10. The lowest BCUT2D eigenvalue weighted by Gasteiger charge is -2.13. The van der Waals surface area contributed by atoms with Crippen molar-refractivity contribution >= 4 is 47.2 Å². The summed E-state index contributed by atoms with van der Waals surface area (Å²) < 4.78 is 5.91. The molecule has 1 unspecified atom stereocenters. The lowest BCUT2D eigenvalue weighted by Crippen LogP contribution is -2.24. The maximum atomic E-state index is 6.29. The molecule has 2 N–H and O–H groups in total. The summed E-state index contributed by atoms with van der Waals surface area (Å²) in [5, 5.41) is 1.53. The van der Waals surface area contributed by atoms with Crippen LogP contribution in [0.5, 0.6) is 5.75 Å². The second-order valence-electron chi connectivity index (χ2n) is 4.72. The lowest BCUT2D eigenvalue weighted by molar-refractivity contribution is 0.242. The first-order valence-corrected chi connectivity index (χ1v) is 7.37. The zero-order valence-electron chi connectivity index (χ0n) is 10.9. The summed E-state index contributed by atoms with van der Waals surface area (Å²) in [4.78, 5) is 0. The fourth-order valence-electron chi connectivity index (χ4n) is 2.47. The molecule has 0 aromatic heterocycles. The Morgan fingerprint density at radius 2 is 1.81 bits per heavy atom. The molecular weight excluding hydrogens is 352 g/mol. The fraction of sp³-hybridized carbons (Fsp3) is 0.200. The number of rotatable bonds is 2. The van der Waals surface area contributed by atoms with E-state index in [0.717, 1.165) is 28.9 Å². The quantitative estimate of drug-likeness (QED) is 0.813. The van der Waals surface area contributed by atoms with E-state index >= 15 is 0 Å². The first-order valence-electron chi connectivity index (χ1n) is 6.23. The van der Waals surface area contributed by atoms with Gasteiger partial charge >= 0.3 is 0 Å². The van der Waals surface area contributed by atoms with Crippen LogP contribution < -0.4 is 10.5 Å². The van der Waals surface area contributed by atoms with Gasteiger partial charge in [0.15, 0.2) is 0 Å². The highest BCUT2D eigenvalue weighted by Crippen LogP contribution is 2.45. The number of nitrogens with two attached hydrogens (primary N) is 1. The Hall–Kier alpha value is -0.640. The zero-order chi connectivity index (χ0) is 14.3. The van der Waals surface area contributed by atoms with Crippen molar-refractivity contribution in [1.29, 1.82) is 0 Å². The van der Waals surface area contributed by atoms with E-state index in [4.69, 9.17) is 45.3 Å². The summed E-state index contributed by atoms with van der Waals surface area (Å²) >= 11 is 18.5. The highest BCUT2D eigenvalue weighted by Gasteiger charge is 2.26. The second kappa shape index (κ2) is 6.64. The second-order valence-corrected chi connectivity index (χ2v) is 5.97. The van der Waals surface area contributed by atoms with Crippen LogP contribution in [-0.2, 0) is 6.42 Å². The smallest absolute Gasteiger partial charge is 0.131 e. The predicted octanol–water partition coefficient (Wildman–Crippen LogP) is 5.00. The Labute approximate surface area is 144 Å². The molecule has 0 aliphatic carbocycles. The Morgan fingerprint density at radius 3 is 2.43 bits per heavy atom. The molecule has 1 aliphatic rings. The number of para-hydroxylation sites is 1. The van der Waals surface area contributed by atoms with Crippen LogP contribution in [0.4, 0.5) is 0 Å². The average molecular weight is 365 g/mol. The molecule has 112 valence electrons. The third-order valence-electron chi connectivity index (χ3n) is 3.37. The van der Waals surface area contributed by atoms with Crippen molar-refractivity contribution in [2.75, 3.05) is 6.54 Å². The van der Waals surface area contributed by atoms with Crippen LogP contribution in [0.3, 0.4) is 0 Å². The van der Waals surface area contributed by atoms with E-state index in [-0.39, 0.29) is 18.5 Å². The molecule has 6 heteroatoms. The summed E-state index contributed by atoms with van der Waals surface area (Å²) in [5.74, 6) is 0.814. The summed E-state index contributed by atoms with van der Waals surface area (Å²) in [6.07, 6.45) is 0.818. The lowest BCUT2D eigenvalue weighted by atomic mass is 10.0. The van der Waals surface area contributed by atoms with Gasteiger partial charge in [0.05, 0.1) is 10.0 Å². The first kappa shape index (κ1) is 16.7. The molecule has 1 heterocycles. The molecule has 0 saturated heterocycles. The van der Waals surface area contributed by atoms with Crippen LogP contribution in [0.1, 0.15) is 5.56 Å². The Morgan fingerprint density at radius 1 is 1.14 bits per heavy atom. The van der Waals surface area contributed by atoms with Gasteiger partial charge in [0.25, 0.3) is 0 Å². The van der Waals surface area contributed by atoms with Gasteiger partial charge in [0.1, 0.15) is 11.9 Å². The van der Waals surface area contributed by atoms with E-state index in [1.54, 1.807) is 12.1 Å². The molecule has 0 bridgehead atoms. The summed E-state index contributed by atoms with van der Waals surface area (Å²) in [7, 11) is 0. The number of halogens is 4. The Balaban J connectivity index is 0.00000161. The van der Waals surface area contributed by atoms with Crippen LogP contribution in [0.25, 0.3) is 11.1 Å². The van der Waals surface area contributed by atoms with Gasteiger partial charge in [-0.1, -0.05) is 53.0 Å². The highest BCUT2D eigenvalue weighted by atomic mass is 35.5. The summed E-state index contributed by atoms with van der Waals surface area (Å²) in [6.45, 7) is 0.482. The molecule has 0 amide bonds. The van der Waals surface area contributed by atoms with Gasteiger partial charge in [-0.2, -0.15) is 0 Å². The standard InChI is InChI=1S/C15H12Cl3NO.ClH/c16-9-5-12(17)14(13(18)6-9)11-3-1-2-8-4-10(7-19)20-15(8)11;/h1-3,5-6,10H,4,7,19H2;1H. The fourth-order valence-corrected chi connectivity index (χ4v) is 3.49. The number of benzene rings is 2. The van der Waals surface area contributed by atoms with Crippen LogP contribution in [0, 0.1) is 0 Å². The van der Waals surface area contributed by atoms with E-state index in [1.807, 2.05) is 18.2 Å². The van der Waals surface area contributed by atoms with E-state index in [1.165, 1.54) is 0 Å². The number of hydrogen-bond donors (Lipinski definition) is 1. The molecule has 0 spiro atoms. The van der Waals surface area contributed by atoms with E-state index in [9.17, 15) is 0 Å². The largest absolute Gasteiger partial charge is 0.488 e. The van der Waals surface area contributed by atoms with Crippen LogP contribution in [-0.4, -0.2) is 12.6 Å². The monoisotopic (exact) mass is 363 g/mol. The molecule has 2 nitrogen and oxygen atoms in total. The first-order chi connectivity index (χ1) is 9.60. The van der Waals surface area contributed by atoms with Gasteiger partial charge in [-0.25, -0.2) is 0 Å². The minimum Gasteiger partial charge on any atom is -0.488 e. The number of hydrogen-bond acceptors (Lipinski definition) is 2. The summed E-state index contributed by atoms with van der Waals surface area (Å²) in [6, 6.07) is 9.31. The van der Waals surface area contributed by atoms with Crippen LogP contribution in [0.15, 0.2) is 30.3 Å². The average Bonchev–Trinajstić information content (AvgIpc) is 2.81. The van der Waals surface area contributed by atoms with E-state index in [2.05, 4.69) is 0 Å². The Bertz CT molecular complexity index is 652.